The molecule has 1 amide bonds. The van der Waals surface area contributed by atoms with Crippen LogP contribution in [-0.4, -0.2) is 52.5 Å². The summed E-state index contributed by atoms with van der Waals surface area (Å²) >= 11 is 12.0. The highest BCUT2D eigenvalue weighted by Gasteiger charge is 2.24. The number of hydrogen-bond acceptors (Lipinski definition) is 5. The molecule has 3 aromatic rings. The standard InChI is InChI=1S/C19H21Cl2N5O3S/c1-2-9-25(13-19(27)22-17-12-14(20)7-8-15(17)21)30(28,29)11-10-26-18-6-4-3-5-16(18)23-24-26/h3-8,12H,2,9-11,13H2,1H3,(H,22,27). The molecule has 0 unspecified atom stereocenters. The van der Waals surface area contributed by atoms with E-state index in [0.717, 1.165) is 5.52 Å². The van der Waals surface area contributed by atoms with Crippen molar-refractivity contribution in [3.63, 3.8) is 0 Å². The maximum absolute atomic E-state index is 12.9. The number of aryl methyl sites for hydroxylation is 1. The second-order valence-electron chi connectivity index (χ2n) is 6.62. The summed E-state index contributed by atoms with van der Waals surface area (Å²) in [5, 5.41) is 11.4. The molecule has 0 aliphatic rings. The summed E-state index contributed by atoms with van der Waals surface area (Å²) in [5.74, 6) is -0.701. The van der Waals surface area contributed by atoms with Gasteiger partial charge in [0.1, 0.15) is 5.52 Å². The third-order valence-corrected chi connectivity index (χ3v) is 6.73. The Morgan fingerprint density at radius 2 is 1.97 bits per heavy atom. The van der Waals surface area contributed by atoms with Gasteiger partial charge in [0, 0.05) is 11.6 Å². The van der Waals surface area contributed by atoms with E-state index in [9.17, 15) is 13.2 Å². The van der Waals surface area contributed by atoms with Gasteiger partial charge in [-0.25, -0.2) is 13.1 Å². The van der Waals surface area contributed by atoms with Crippen molar-refractivity contribution >= 4 is 55.9 Å². The van der Waals surface area contributed by atoms with Crippen molar-refractivity contribution in [2.24, 2.45) is 0 Å². The number of anilines is 1. The first kappa shape index (κ1) is 22.5. The molecule has 1 N–H and O–H groups in total. The lowest BCUT2D eigenvalue weighted by molar-refractivity contribution is -0.116. The number of amides is 1. The van der Waals surface area contributed by atoms with E-state index < -0.39 is 15.9 Å². The Labute approximate surface area is 184 Å². The number of benzene rings is 2. The maximum atomic E-state index is 12.9. The average molecular weight is 470 g/mol. The van der Waals surface area contributed by atoms with Crippen molar-refractivity contribution in [1.29, 1.82) is 0 Å². The monoisotopic (exact) mass is 469 g/mol. The molecule has 11 heteroatoms. The second-order valence-corrected chi connectivity index (χ2v) is 9.56. The van der Waals surface area contributed by atoms with E-state index in [2.05, 4.69) is 15.6 Å². The number of sulfonamides is 1. The third kappa shape index (κ3) is 5.48. The fourth-order valence-corrected chi connectivity index (χ4v) is 4.70. The lowest BCUT2D eigenvalue weighted by Gasteiger charge is -2.21. The van der Waals surface area contributed by atoms with E-state index in [1.807, 2.05) is 31.2 Å². The minimum absolute atomic E-state index is 0.130. The highest BCUT2D eigenvalue weighted by atomic mass is 35.5. The van der Waals surface area contributed by atoms with Crippen LogP contribution in [0.5, 0.6) is 0 Å². The summed E-state index contributed by atoms with van der Waals surface area (Å²) in [5.41, 5.74) is 1.78. The first-order chi connectivity index (χ1) is 14.3. The van der Waals surface area contributed by atoms with Gasteiger partial charge in [-0.2, -0.15) is 4.31 Å². The van der Waals surface area contributed by atoms with Gasteiger partial charge in [-0.1, -0.05) is 47.5 Å². The molecule has 0 atom stereocenters. The molecule has 30 heavy (non-hydrogen) atoms. The van der Waals surface area contributed by atoms with Crippen LogP contribution in [0, 0.1) is 0 Å². The van der Waals surface area contributed by atoms with E-state index in [-0.39, 0.29) is 25.4 Å². The van der Waals surface area contributed by atoms with Gasteiger partial charge in [0.2, 0.25) is 15.9 Å². The third-order valence-electron chi connectivity index (χ3n) is 4.37. The summed E-state index contributed by atoms with van der Waals surface area (Å²) in [6.07, 6.45) is 0.566. The van der Waals surface area contributed by atoms with Crippen LogP contribution in [0.25, 0.3) is 11.0 Å². The molecular formula is C19H21Cl2N5O3S. The van der Waals surface area contributed by atoms with Crippen LogP contribution in [0.3, 0.4) is 0 Å². The number of nitrogens with zero attached hydrogens (tertiary/aromatic N) is 4. The molecule has 0 saturated heterocycles. The molecule has 8 nitrogen and oxygen atoms in total. The molecule has 0 aliphatic carbocycles. The molecular weight excluding hydrogens is 449 g/mol. The molecule has 1 heterocycles. The van der Waals surface area contributed by atoms with Crippen molar-refractivity contribution in [2.75, 3.05) is 24.2 Å². The van der Waals surface area contributed by atoms with Gasteiger partial charge < -0.3 is 5.32 Å². The Morgan fingerprint density at radius 3 is 2.73 bits per heavy atom. The predicted octanol–water partition coefficient (Wildman–Crippen LogP) is 3.42. The molecule has 0 fully saturated rings. The van der Waals surface area contributed by atoms with Gasteiger partial charge in [-0.15, -0.1) is 5.10 Å². The van der Waals surface area contributed by atoms with Crippen LogP contribution in [0.4, 0.5) is 5.69 Å². The largest absolute Gasteiger partial charge is 0.324 e. The molecule has 0 radical (unpaired) electrons. The Morgan fingerprint density at radius 1 is 1.20 bits per heavy atom. The van der Waals surface area contributed by atoms with E-state index in [1.54, 1.807) is 16.8 Å². The molecule has 0 saturated carbocycles. The van der Waals surface area contributed by atoms with Crippen molar-refractivity contribution in [2.45, 2.75) is 19.9 Å². The average Bonchev–Trinajstić information content (AvgIpc) is 3.12. The van der Waals surface area contributed by atoms with Gasteiger partial charge >= 0.3 is 0 Å². The van der Waals surface area contributed by atoms with Crippen LogP contribution in [0.2, 0.25) is 10.0 Å². The van der Waals surface area contributed by atoms with E-state index in [1.165, 1.54) is 10.4 Å². The van der Waals surface area contributed by atoms with E-state index >= 15 is 0 Å². The first-order valence-corrected chi connectivity index (χ1v) is 11.7. The van der Waals surface area contributed by atoms with E-state index in [4.69, 9.17) is 23.2 Å². The summed E-state index contributed by atoms with van der Waals surface area (Å²) in [4.78, 5) is 12.5. The van der Waals surface area contributed by atoms with Crippen LogP contribution in [0.15, 0.2) is 42.5 Å². The van der Waals surface area contributed by atoms with E-state index in [0.29, 0.717) is 27.7 Å². The molecule has 3 rings (SSSR count). The SMILES string of the molecule is CCCN(CC(=O)Nc1cc(Cl)ccc1Cl)S(=O)(=O)CCn1nnc2ccccc21. The molecule has 2 aromatic carbocycles. The van der Waals surface area contributed by atoms with Gasteiger partial charge in [0.05, 0.1) is 35.1 Å². The fourth-order valence-electron chi connectivity index (χ4n) is 2.92. The van der Waals surface area contributed by atoms with Crippen LogP contribution in [0.1, 0.15) is 13.3 Å². The lowest BCUT2D eigenvalue weighted by atomic mass is 10.3. The normalized spacial score (nSPS) is 11.9. The molecule has 1 aromatic heterocycles. The highest BCUT2D eigenvalue weighted by molar-refractivity contribution is 7.89. The minimum Gasteiger partial charge on any atom is -0.324 e. The summed E-state index contributed by atoms with van der Waals surface area (Å²) in [6.45, 7) is 1.87. The number of fused-ring (bicyclic) bond motifs is 1. The molecule has 0 aliphatic heterocycles. The molecule has 160 valence electrons. The smallest absolute Gasteiger partial charge is 0.239 e. The lowest BCUT2D eigenvalue weighted by Crippen LogP contribution is -2.40. The van der Waals surface area contributed by atoms with Crippen molar-refractivity contribution in [1.82, 2.24) is 19.3 Å². The zero-order valence-corrected chi connectivity index (χ0v) is 18.6. The number of carbonyl (C=O) groups excluding carboxylic acids is 1. The summed E-state index contributed by atoms with van der Waals surface area (Å²) in [7, 11) is -3.71. The highest BCUT2D eigenvalue weighted by Crippen LogP contribution is 2.25. The zero-order valence-electron chi connectivity index (χ0n) is 16.3. The first-order valence-electron chi connectivity index (χ1n) is 9.31. The number of para-hydroxylation sites is 1. The Kier molecular flexibility index (Phi) is 7.30. The number of halogens is 2. The topological polar surface area (TPSA) is 97.2 Å². The minimum atomic E-state index is -3.71. The number of aromatic nitrogens is 3. The van der Waals surface area contributed by atoms with Gasteiger partial charge in [-0.05, 0) is 36.8 Å². The Hall–Kier alpha value is -2.20. The summed E-state index contributed by atoms with van der Waals surface area (Å²) < 4.78 is 28.5. The summed E-state index contributed by atoms with van der Waals surface area (Å²) in [6, 6.07) is 12.0. The predicted molar refractivity (Wildman–Crippen MR) is 118 cm³/mol. The van der Waals surface area contributed by atoms with Crippen LogP contribution < -0.4 is 5.32 Å². The molecule has 0 bridgehead atoms. The van der Waals surface area contributed by atoms with Crippen molar-refractivity contribution in [3.8, 4) is 0 Å². The van der Waals surface area contributed by atoms with Crippen LogP contribution >= 0.6 is 23.2 Å². The van der Waals surface area contributed by atoms with Gasteiger partial charge in [0.25, 0.3) is 0 Å². The van der Waals surface area contributed by atoms with Gasteiger partial charge in [0.15, 0.2) is 0 Å². The number of hydrogen-bond donors (Lipinski definition) is 1. The number of carbonyl (C=O) groups is 1. The van der Waals surface area contributed by atoms with Crippen molar-refractivity contribution < 1.29 is 13.2 Å². The fraction of sp³-hybridized carbons (Fsp3) is 0.316. The Bertz CT molecular complexity index is 1150. The number of nitrogens with one attached hydrogen (secondary N) is 1. The zero-order chi connectivity index (χ0) is 21.7. The quantitative estimate of drug-likeness (QED) is 0.517. The van der Waals surface area contributed by atoms with Gasteiger partial charge in [-0.3, -0.25) is 4.79 Å². The second kappa shape index (κ2) is 9.74. The number of rotatable bonds is 9. The maximum Gasteiger partial charge on any atom is 0.239 e. The van der Waals surface area contributed by atoms with Crippen LogP contribution in [-0.2, 0) is 21.4 Å². The molecule has 0 spiro atoms. The van der Waals surface area contributed by atoms with Crippen molar-refractivity contribution in [3.05, 3.63) is 52.5 Å². The Balaban J connectivity index is 1.69.